The van der Waals surface area contributed by atoms with Gasteiger partial charge in [0.1, 0.15) is 17.6 Å². The average Bonchev–Trinajstić information content (AvgIpc) is 3.50. The zero-order chi connectivity index (χ0) is 22.5. The molecule has 32 heavy (non-hydrogen) atoms. The molecule has 1 aromatic heterocycles. The lowest BCUT2D eigenvalue weighted by molar-refractivity contribution is 0.204. The molecule has 3 aromatic rings. The summed E-state index contributed by atoms with van der Waals surface area (Å²) < 4.78 is 7.31. The monoisotopic (exact) mass is 433 g/mol. The van der Waals surface area contributed by atoms with Crippen LogP contribution in [0, 0.1) is 0 Å². The van der Waals surface area contributed by atoms with Crippen LogP contribution < -0.4 is 15.0 Å². The maximum Gasteiger partial charge on any atom is 0.318 e. The van der Waals surface area contributed by atoms with Gasteiger partial charge in [0.2, 0.25) is 0 Å². The number of hydrogen-bond donors (Lipinski definition) is 1. The number of aryl methyl sites for hydroxylation is 1. The van der Waals surface area contributed by atoms with Crippen molar-refractivity contribution in [3.8, 4) is 5.75 Å². The van der Waals surface area contributed by atoms with Crippen LogP contribution in [0.4, 0.5) is 10.5 Å². The quantitative estimate of drug-likeness (QED) is 0.613. The van der Waals surface area contributed by atoms with Gasteiger partial charge in [-0.3, -0.25) is 0 Å². The summed E-state index contributed by atoms with van der Waals surface area (Å²) in [4.78, 5) is 21.9. The van der Waals surface area contributed by atoms with Gasteiger partial charge in [0.25, 0.3) is 0 Å². The number of aromatic nitrogens is 2. The summed E-state index contributed by atoms with van der Waals surface area (Å²) in [6.45, 7) is 2.68. The third-order valence-electron chi connectivity index (χ3n) is 6.00. The Morgan fingerprint density at radius 1 is 1.19 bits per heavy atom. The molecule has 2 heterocycles. The van der Waals surface area contributed by atoms with Gasteiger partial charge in [-0.2, -0.15) is 0 Å². The first-order valence-corrected chi connectivity index (χ1v) is 11.0. The molecule has 1 fully saturated rings. The highest BCUT2D eigenvalue weighted by Crippen LogP contribution is 2.27. The molecule has 168 valence electrons. The van der Waals surface area contributed by atoms with Gasteiger partial charge in [-0.05, 0) is 42.2 Å². The second-order valence-electron chi connectivity index (χ2n) is 8.23. The van der Waals surface area contributed by atoms with Crippen LogP contribution in [0.15, 0.2) is 60.9 Å². The number of benzene rings is 2. The maximum atomic E-state index is 13.3. The van der Waals surface area contributed by atoms with E-state index in [1.54, 1.807) is 18.2 Å². The summed E-state index contributed by atoms with van der Waals surface area (Å²) in [5.41, 5.74) is 3.29. The van der Waals surface area contributed by atoms with Crippen molar-refractivity contribution in [3.63, 3.8) is 0 Å². The van der Waals surface area contributed by atoms with Crippen LogP contribution in [-0.2, 0) is 13.6 Å². The first kappa shape index (κ1) is 21.7. The van der Waals surface area contributed by atoms with Gasteiger partial charge < -0.3 is 24.4 Å². The topological polar surface area (TPSA) is 62.6 Å². The van der Waals surface area contributed by atoms with Crippen molar-refractivity contribution < 1.29 is 9.53 Å². The fourth-order valence-electron chi connectivity index (χ4n) is 4.25. The van der Waals surface area contributed by atoms with Gasteiger partial charge in [-0.25, -0.2) is 9.78 Å². The van der Waals surface area contributed by atoms with Crippen LogP contribution in [0.2, 0.25) is 0 Å². The van der Waals surface area contributed by atoms with Crippen molar-refractivity contribution in [2.24, 2.45) is 7.05 Å². The molecule has 1 aliphatic rings. The van der Waals surface area contributed by atoms with E-state index in [2.05, 4.69) is 33.4 Å². The number of nitrogens with one attached hydrogen (secondary N) is 1. The average molecular weight is 434 g/mol. The number of anilines is 1. The van der Waals surface area contributed by atoms with Gasteiger partial charge >= 0.3 is 6.03 Å². The Morgan fingerprint density at radius 3 is 2.69 bits per heavy atom. The number of hydrogen-bond acceptors (Lipinski definition) is 4. The number of urea groups is 1. The van der Waals surface area contributed by atoms with Crippen LogP contribution in [-0.4, -0.2) is 47.7 Å². The molecule has 2 aromatic carbocycles. The molecular weight excluding hydrogens is 402 g/mol. The Balaban J connectivity index is 1.54. The molecular formula is C25H31N5O2. The zero-order valence-electron chi connectivity index (χ0n) is 19.0. The summed E-state index contributed by atoms with van der Waals surface area (Å²) in [7, 11) is 5.40. The van der Waals surface area contributed by atoms with Gasteiger partial charge in [0.05, 0.1) is 7.11 Å². The fourth-order valence-corrected chi connectivity index (χ4v) is 4.25. The van der Waals surface area contributed by atoms with Gasteiger partial charge in [-0.15, -0.1) is 0 Å². The van der Waals surface area contributed by atoms with Crippen LogP contribution in [0.3, 0.4) is 0 Å². The third kappa shape index (κ3) is 4.72. The highest BCUT2D eigenvalue weighted by molar-refractivity contribution is 5.75. The Labute approximate surface area is 189 Å². The SMILES string of the molecule is COc1cccc(C(NC(=O)N(C)Cc2ccccc2N2CCCC2)c2nccn2C)c1. The minimum atomic E-state index is -0.395. The Bertz CT molecular complexity index is 1060. The lowest BCUT2D eigenvalue weighted by Gasteiger charge is -2.26. The van der Waals surface area contributed by atoms with Crippen molar-refractivity contribution >= 4 is 11.7 Å². The normalized spacial score (nSPS) is 14.3. The standard InChI is InChI=1S/C25H31N5O2/c1-28-16-13-26-24(28)23(19-10-8-11-21(17-19)32-3)27-25(31)29(2)18-20-9-4-5-12-22(20)30-14-6-7-15-30/h4-5,8-13,16-17,23H,6-7,14-15,18H2,1-3H3,(H,27,31). The Hall–Kier alpha value is -3.48. The van der Waals surface area contributed by atoms with Crippen molar-refractivity contribution in [3.05, 3.63) is 77.9 Å². The molecule has 0 spiro atoms. The van der Waals surface area contributed by atoms with E-state index < -0.39 is 6.04 Å². The summed E-state index contributed by atoms with van der Waals surface area (Å²) in [5, 5.41) is 3.17. The molecule has 1 N–H and O–H groups in total. The third-order valence-corrected chi connectivity index (χ3v) is 6.00. The largest absolute Gasteiger partial charge is 0.497 e. The number of carbonyl (C=O) groups excluding carboxylic acids is 1. The predicted molar refractivity (Wildman–Crippen MR) is 126 cm³/mol. The number of imidazole rings is 1. The lowest BCUT2D eigenvalue weighted by Crippen LogP contribution is -2.40. The summed E-state index contributed by atoms with van der Waals surface area (Å²) >= 11 is 0. The molecule has 4 rings (SSSR count). The van der Waals surface area contributed by atoms with Gasteiger partial charge in [0.15, 0.2) is 0 Å². The summed E-state index contributed by atoms with van der Waals surface area (Å²) in [6, 6.07) is 15.5. The van der Waals surface area contributed by atoms with Crippen LogP contribution >= 0.6 is 0 Å². The van der Waals surface area contributed by atoms with Crippen molar-refractivity contribution in [1.29, 1.82) is 0 Å². The number of para-hydroxylation sites is 1. The minimum absolute atomic E-state index is 0.156. The predicted octanol–water partition coefficient (Wildman–Crippen LogP) is 3.96. The van der Waals surface area contributed by atoms with E-state index in [0.29, 0.717) is 6.54 Å². The van der Waals surface area contributed by atoms with Gasteiger partial charge in [0, 0.05) is 51.8 Å². The van der Waals surface area contributed by atoms with E-state index in [-0.39, 0.29) is 6.03 Å². The summed E-state index contributed by atoms with van der Waals surface area (Å²) in [6.07, 6.45) is 6.06. The van der Waals surface area contributed by atoms with Crippen molar-refractivity contribution in [1.82, 2.24) is 19.8 Å². The number of ether oxygens (including phenoxy) is 1. The second kappa shape index (κ2) is 9.77. The zero-order valence-corrected chi connectivity index (χ0v) is 19.0. The number of nitrogens with zero attached hydrogens (tertiary/aromatic N) is 4. The van der Waals surface area contributed by atoms with E-state index in [9.17, 15) is 4.79 Å². The summed E-state index contributed by atoms with van der Waals surface area (Å²) in [5.74, 6) is 1.50. The Morgan fingerprint density at radius 2 is 1.97 bits per heavy atom. The fraction of sp³-hybridized carbons (Fsp3) is 0.360. The molecule has 7 nitrogen and oxygen atoms in total. The first-order chi connectivity index (χ1) is 15.6. The van der Waals surface area contributed by atoms with Crippen LogP contribution in [0.1, 0.15) is 35.8 Å². The number of amides is 2. The highest BCUT2D eigenvalue weighted by atomic mass is 16.5. The molecule has 1 unspecified atom stereocenters. The molecule has 0 aliphatic carbocycles. The number of carbonyl (C=O) groups is 1. The minimum Gasteiger partial charge on any atom is -0.497 e. The second-order valence-corrected chi connectivity index (χ2v) is 8.23. The molecule has 0 saturated carbocycles. The first-order valence-electron chi connectivity index (χ1n) is 11.0. The lowest BCUT2D eigenvalue weighted by atomic mass is 10.1. The van der Waals surface area contributed by atoms with E-state index in [1.165, 1.54) is 18.5 Å². The van der Waals surface area contributed by atoms with Crippen molar-refractivity contribution in [2.45, 2.75) is 25.4 Å². The van der Waals surface area contributed by atoms with E-state index in [0.717, 1.165) is 35.8 Å². The molecule has 1 aliphatic heterocycles. The maximum absolute atomic E-state index is 13.3. The van der Waals surface area contributed by atoms with Crippen molar-refractivity contribution in [2.75, 3.05) is 32.1 Å². The molecule has 2 amide bonds. The molecule has 0 bridgehead atoms. The van der Waals surface area contributed by atoms with E-state index in [1.807, 2.05) is 55.2 Å². The number of methoxy groups -OCH3 is 1. The smallest absolute Gasteiger partial charge is 0.318 e. The van der Waals surface area contributed by atoms with Crippen LogP contribution in [0.5, 0.6) is 5.75 Å². The van der Waals surface area contributed by atoms with Gasteiger partial charge in [-0.1, -0.05) is 30.3 Å². The Kier molecular flexibility index (Phi) is 6.63. The number of rotatable bonds is 7. The van der Waals surface area contributed by atoms with Crippen LogP contribution in [0.25, 0.3) is 0 Å². The highest BCUT2D eigenvalue weighted by Gasteiger charge is 2.24. The van der Waals surface area contributed by atoms with E-state index >= 15 is 0 Å². The molecule has 7 heteroatoms. The molecule has 1 atom stereocenters. The van der Waals surface area contributed by atoms with E-state index in [4.69, 9.17) is 4.74 Å². The molecule has 1 saturated heterocycles. The molecule has 0 radical (unpaired) electrons.